The van der Waals surface area contributed by atoms with Gasteiger partial charge in [0.25, 0.3) is 5.91 Å². The summed E-state index contributed by atoms with van der Waals surface area (Å²) in [7, 11) is 0. The summed E-state index contributed by atoms with van der Waals surface area (Å²) in [5.74, 6) is -0.838. The monoisotopic (exact) mass is 260 g/mol. The lowest BCUT2D eigenvalue weighted by atomic mass is 10.1. The lowest BCUT2D eigenvalue weighted by Crippen LogP contribution is -2.14. The smallest absolute Gasteiger partial charge is 0.256 e. The summed E-state index contributed by atoms with van der Waals surface area (Å²) in [6.45, 7) is 1.64. The molecule has 4 N–H and O–H groups in total. The molecule has 0 saturated carbocycles. The van der Waals surface area contributed by atoms with Crippen molar-refractivity contribution >= 4 is 17.3 Å². The second-order valence-electron chi connectivity index (χ2n) is 4.14. The van der Waals surface area contributed by atoms with Gasteiger partial charge in [0.1, 0.15) is 11.6 Å². The molecule has 19 heavy (non-hydrogen) atoms. The van der Waals surface area contributed by atoms with Crippen molar-refractivity contribution in [3.63, 3.8) is 0 Å². The van der Waals surface area contributed by atoms with Crippen LogP contribution in [-0.2, 0) is 0 Å². The predicted molar refractivity (Wildman–Crippen MR) is 71.6 cm³/mol. The number of rotatable bonds is 2. The third-order valence-corrected chi connectivity index (χ3v) is 2.81. The van der Waals surface area contributed by atoms with Crippen LogP contribution in [0.3, 0.4) is 0 Å². The molecule has 0 fully saturated rings. The first-order valence-corrected chi connectivity index (χ1v) is 5.64. The van der Waals surface area contributed by atoms with Gasteiger partial charge in [-0.25, -0.2) is 4.39 Å². The third-order valence-electron chi connectivity index (χ3n) is 2.81. The van der Waals surface area contributed by atoms with Crippen LogP contribution in [-0.4, -0.2) is 11.0 Å². The maximum atomic E-state index is 12.9. The van der Waals surface area contributed by atoms with E-state index in [1.54, 1.807) is 19.1 Å². The summed E-state index contributed by atoms with van der Waals surface area (Å²) >= 11 is 0. The van der Waals surface area contributed by atoms with E-state index in [1.165, 1.54) is 18.2 Å². The van der Waals surface area contributed by atoms with Gasteiger partial charge in [0.2, 0.25) is 0 Å². The minimum Gasteiger partial charge on any atom is -0.508 e. The molecular weight excluding hydrogens is 247 g/mol. The molecule has 2 rings (SSSR count). The number of amides is 1. The Labute approximate surface area is 109 Å². The van der Waals surface area contributed by atoms with E-state index in [2.05, 4.69) is 5.32 Å². The van der Waals surface area contributed by atoms with Gasteiger partial charge in [0.15, 0.2) is 0 Å². The Kier molecular flexibility index (Phi) is 3.37. The van der Waals surface area contributed by atoms with Crippen LogP contribution < -0.4 is 11.1 Å². The van der Waals surface area contributed by atoms with E-state index in [0.29, 0.717) is 16.8 Å². The number of nitrogens with one attached hydrogen (secondary N) is 1. The molecule has 0 aromatic heterocycles. The fraction of sp³-hybridized carbons (Fsp3) is 0.0714. The Morgan fingerprint density at radius 2 is 2.05 bits per heavy atom. The molecule has 0 atom stereocenters. The van der Waals surface area contributed by atoms with Gasteiger partial charge in [0, 0.05) is 11.1 Å². The van der Waals surface area contributed by atoms with Gasteiger partial charge < -0.3 is 16.2 Å². The van der Waals surface area contributed by atoms with E-state index in [9.17, 15) is 14.3 Å². The second kappa shape index (κ2) is 4.97. The van der Waals surface area contributed by atoms with E-state index in [1.807, 2.05) is 0 Å². The van der Waals surface area contributed by atoms with Crippen molar-refractivity contribution in [3.05, 3.63) is 53.3 Å². The highest BCUT2D eigenvalue weighted by Gasteiger charge is 2.12. The van der Waals surface area contributed by atoms with Gasteiger partial charge in [0.05, 0.1) is 11.4 Å². The van der Waals surface area contributed by atoms with Crippen LogP contribution in [0.15, 0.2) is 36.4 Å². The summed E-state index contributed by atoms with van der Waals surface area (Å²) in [6.07, 6.45) is 0. The molecule has 0 aliphatic heterocycles. The van der Waals surface area contributed by atoms with Crippen molar-refractivity contribution in [2.75, 3.05) is 11.1 Å². The SMILES string of the molecule is Cc1c(O)cccc1C(=O)Nc1ccc(F)cc1N. The molecule has 1 amide bonds. The maximum absolute atomic E-state index is 12.9. The molecule has 2 aromatic carbocycles. The number of hydrogen-bond donors (Lipinski definition) is 3. The first-order valence-electron chi connectivity index (χ1n) is 5.64. The molecule has 0 radical (unpaired) electrons. The minimum absolute atomic E-state index is 0.0414. The van der Waals surface area contributed by atoms with Gasteiger partial charge in [-0.2, -0.15) is 0 Å². The van der Waals surface area contributed by atoms with Gasteiger partial charge in [-0.05, 0) is 37.3 Å². The average molecular weight is 260 g/mol. The largest absolute Gasteiger partial charge is 0.508 e. The molecule has 0 aliphatic rings. The van der Waals surface area contributed by atoms with Crippen molar-refractivity contribution in [3.8, 4) is 5.75 Å². The number of nitrogen functional groups attached to an aromatic ring is 1. The van der Waals surface area contributed by atoms with Crippen molar-refractivity contribution < 1.29 is 14.3 Å². The number of nitrogens with two attached hydrogens (primary N) is 1. The number of phenolic OH excluding ortho intramolecular Hbond substituents is 1. The molecule has 4 nitrogen and oxygen atoms in total. The number of hydrogen-bond acceptors (Lipinski definition) is 3. The Balaban J connectivity index is 2.28. The zero-order chi connectivity index (χ0) is 14.0. The van der Waals surface area contributed by atoms with Crippen molar-refractivity contribution in [1.82, 2.24) is 0 Å². The molecular formula is C14H13FN2O2. The molecule has 2 aromatic rings. The van der Waals surface area contributed by atoms with Gasteiger partial charge in [-0.3, -0.25) is 4.79 Å². The van der Waals surface area contributed by atoms with Crippen molar-refractivity contribution in [2.45, 2.75) is 6.92 Å². The summed E-state index contributed by atoms with van der Waals surface area (Å²) in [5, 5.41) is 12.1. The van der Waals surface area contributed by atoms with Gasteiger partial charge in [-0.1, -0.05) is 6.07 Å². The van der Waals surface area contributed by atoms with Crippen LogP contribution in [0.1, 0.15) is 15.9 Å². The lowest BCUT2D eigenvalue weighted by molar-refractivity contribution is 0.102. The van der Waals surface area contributed by atoms with E-state index in [0.717, 1.165) is 6.07 Å². The molecule has 0 aliphatic carbocycles. The number of aromatic hydroxyl groups is 1. The fourth-order valence-electron chi connectivity index (χ4n) is 1.71. The normalized spacial score (nSPS) is 10.2. The molecule has 0 spiro atoms. The topological polar surface area (TPSA) is 75.3 Å². The first-order chi connectivity index (χ1) is 8.99. The van der Waals surface area contributed by atoms with Crippen LogP contribution in [0.25, 0.3) is 0 Å². The number of halogens is 1. The first kappa shape index (κ1) is 12.9. The minimum atomic E-state index is -0.468. The number of benzene rings is 2. The molecule has 98 valence electrons. The average Bonchev–Trinajstić information content (AvgIpc) is 2.36. The summed E-state index contributed by atoms with van der Waals surface area (Å²) in [5.41, 5.74) is 6.89. The molecule has 0 unspecified atom stereocenters. The number of anilines is 2. The van der Waals surface area contributed by atoms with E-state index < -0.39 is 11.7 Å². The highest BCUT2D eigenvalue weighted by atomic mass is 19.1. The zero-order valence-corrected chi connectivity index (χ0v) is 10.3. The fourth-order valence-corrected chi connectivity index (χ4v) is 1.71. The van der Waals surface area contributed by atoms with Crippen molar-refractivity contribution in [1.29, 1.82) is 0 Å². The van der Waals surface area contributed by atoms with Crippen LogP contribution in [0.2, 0.25) is 0 Å². The van der Waals surface area contributed by atoms with Crippen molar-refractivity contribution in [2.24, 2.45) is 0 Å². The Hall–Kier alpha value is -2.56. The maximum Gasteiger partial charge on any atom is 0.256 e. The highest BCUT2D eigenvalue weighted by molar-refractivity contribution is 6.06. The standard InChI is InChI=1S/C14H13FN2O2/c1-8-10(3-2-4-13(8)18)14(19)17-12-6-5-9(15)7-11(12)16/h2-7,18H,16H2,1H3,(H,17,19). The highest BCUT2D eigenvalue weighted by Crippen LogP contribution is 2.23. The zero-order valence-electron chi connectivity index (χ0n) is 10.3. The predicted octanol–water partition coefficient (Wildman–Crippen LogP) is 2.67. The van der Waals surface area contributed by atoms with Crippen LogP contribution in [0, 0.1) is 12.7 Å². The Bertz CT molecular complexity index is 641. The lowest BCUT2D eigenvalue weighted by Gasteiger charge is -2.10. The number of phenols is 1. The van der Waals surface area contributed by atoms with Gasteiger partial charge in [-0.15, -0.1) is 0 Å². The second-order valence-corrected chi connectivity index (χ2v) is 4.14. The number of carbonyl (C=O) groups is 1. The van der Waals surface area contributed by atoms with E-state index in [-0.39, 0.29) is 11.4 Å². The van der Waals surface area contributed by atoms with E-state index >= 15 is 0 Å². The quantitative estimate of drug-likeness (QED) is 0.727. The molecule has 0 heterocycles. The summed E-state index contributed by atoms with van der Waals surface area (Å²) in [6, 6.07) is 8.39. The summed E-state index contributed by atoms with van der Waals surface area (Å²) in [4.78, 5) is 12.1. The molecule has 5 heteroatoms. The van der Waals surface area contributed by atoms with Gasteiger partial charge >= 0.3 is 0 Å². The number of carbonyl (C=O) groups excluding carboxylic acids is 1. The van der Waals surface area contributed by atoms with Crippen LogP contribution >= 0.6 is 0 Å². The molecule has 0 saturated heterocycles. The van der Waals surface area contributed by atoms with Crippen LogP contribution in [0.4, 0.5) is 15.8 Å². The Morgan fingerprint density at radius 1 is 1.32 bits per heavy atom. The Morgan fingerprint density at radius 3 is 2.74 bits per heavy atom. The summed E-state index contributed by atoms with van der Waals surface area (Å²) < 4.78 is 12.9. The van der Waals surface area contributed by atoms with Crippen LogP contribution in [0.5, 0.6) is 5.75 Å². The van der Waals surface area contributed by atoms with E-state index in [4.69, 9.17) is 5.73 Å². The third kappa shape index (κ3) is 2.65. The molecule has 0 bridgehead atoms.